The number of aliphatic carboxylic acids is 1. The Morgan fingerprint density at radius 3 is 2.51 bits per heavy atom. The number of hydrogen-bond acceptors (Lipinski definition) is 5. The van der Waals surface area contributed by atoms with E-state index in [0.29, 0.717) is 21.9 Å². The first-order chi connectivity index (χ1) is 17.9. The zero-order valence-electron chi connectivity index (χ0n) is 20.2. The number of carboxylic acids is 1. The topological polar surface area (TPSA) is 96.4 Å². The summed E-state index contributed by atoms with van der Waals surface area (Å²) in [5, 5.41) is 10.1. The summed E-state index contributed by atoms with van der Waals surface area (Å²) < 4.78 is 11.2. The van der Waals surface area contributed by atoms with Crippen molar-refractivity contribution in [1.82, 2.24) is 9.80 Å². The first-order valence-electron chi connectivity index (χ1n) is 11.7. The summed E-state index contributed by atoms with van der Waals surface area (Å²) in [6.45, 7) is -0.646. The van der Waals surface area contributed by atoms with E-state index in [9.17, 15) is 19.5 Å². The lowest BCUT2D eigenvalue weighted by molar-refractivity contribution is -0.172. The van der Waals surface area contributed by atoms with Crippen molar-refractivity contribution in [3.63, 3.8) is 0 Å². The molecule has 0 aromatic heterocycles. The summed E-state index contributed by atoms with van der Waals surface area (Å²) in [6, 6.07) is 22.6. The van der Waals surface area contributed by atoms with Crippen LogP contribution in [0.25, 0.3) is 0 Å². The third kappa shape index (κ3) is 6.28. The summed E-state index contributed by atoms with van der Waals surface area (Å²) in [5.74, 6) is -1.45. The second kappa shape index (κ2) is 11.9. The van der Waals surface area contributed by atoms with E-state index in [-0.39, 0.29) is 25.6 Å². The smallest absolute Gasteiger partial charge is 0.323 e. The van der Waals surface area contributed by atoms with Gasteiger partial charge in [0.1, 0.15) is 18.9 Å². The number of rotatable bonds is 9. The largest absolute Gasteiger partial charge is 0.496 e. The van der Waals surface area contributed by atoms with Crippen molar-refractivity contribution < 1.29 is 29.0 Å². The fourth-order valence-electron chi connectivity index (χ4n) is 4.48. The Labute approximate surface area is 220 Å². The van der Waals surface area contributed by atoms with Gasteiger partial charge < -0.3 is 24.4 Å². The summed E-state index contributed by atoms with van der Waals surface area (Å²) in [7, 11) is 1.51. The third-order valence-electron chi connectivity index (χ3n) is 6.15. The number of para-hydroxylation sites is 1. The summed E-state index contributed by atoms with van der Waals surface area (Å²) in [6.07, 6.45) is -1.12. The van der Waals surface area contributed by atoms with E-state index in [1.54, 1.807) is 47.4 Å². The van der Waals surface area contributed by atoms with Gasteiger partial charge >= 0.3 is 5.97 Å². The Kier molecular flexibility index (Phi) is 8.43. The zero-order chi connectivity index (χ0) is 26.4. The summed E-state index contributed by atoms with van der Waals surface area (Å²) in [4.78, 5) is 41.6. The molecule has 4 rings (SSSR count). The number of benzene rings is 3. The summed E-state index contributed by atoms with van der Waals surface area (Å²) in [5.41, 5.74) is 2.15. The van der Waals surface area contributed by atoms with Gasteiger partial charge in [0.25, 0.3) is 5.91 Å². The van der Waals surface area contributed by atoms with E-state index in [4.69, 9.17) is 21.1 Å². The highest BCUT2D eigenvalue weighted by molar-refractivity contribution is 6.30. The van der Waals surface area contributed by atoms with Crippen LogP contribution in [0.3, 0.4) is 0 Å². The molecule has 1 saturated heterocycles. The first kappa shape index (κ1) is 26.2. The van der Waals surface area contributed by atoms with Crippen LogP contribution in [0.1, 0.15) is 22.7 Å². The normalized spacial score (nSPS) is 17.4. The van der Waals surface area contributed by atoms with Crippen molar-refractivity contribution in [1.29, 1.82) is 0 Å². The minimum absolute atomic E-state index is 0.00123. The predicted molar refractivity (Wildman–Crippen MR) is 137 cm³/mol. The SMILES string of the molecule is COc1ccccc1CN(CC(=O)O)C(=O)[C@H]1OCC(=O)N(Cc2cccc(Cl)c2)[C@@H]1c1ccccc1. The molecule has 0 spiro atoms. The molecular formula is C28H27ClN2O6. The number of nitrogens with zero attached hydrogens (tertiary/aromatic N) is 2. The van der Waals surface area contributed by atoms with Gasteiger partial charge in [0.15, 0.2) is 6.10 Å². The van der Waals surface area contributed by atoms with E-state index < -0.39 is 30.6 Å². The van der Waals surface area contributed by atoms with Crippen molar-refractivity contribution in [2.24, 2.45) is 0 Å². The number of morpholine rings is 1. The molecule has 8 nitrogen and oxygen atoms in total. The Morgan fingerprint density at radius 1 is 1.08 bits per heavy atom. The van der Waals surface area contributed by atoms with Crippen LogP contribution in [0.5, 0.6) is 5.75 Å². The van der Waals surface area contributed by atoms with Crippen LogP contribution in [-0.4, -0.2) is 59.1 Å². The lowest BCUT2D eigenvalue weighted by Crippen LogP contribution is -2.55. The second-order valence-corrected chi connectivity index (χ2v) is 9.08. The van der Waals surface area contributed by atoms with Crippen molar-refractivity contribution in [2.45, 2.75) is 25.2 Å². The second-order valence-electron chi connectivity index (χ2n) is 8.64. The van der Waals surface area contributed by atoms with E-state index >= 15 is 0 Å². The number of carboxylic acid groups (broad SMARTS) is 1. The highest BCUT2D eigenvalue weighted by atomic mass is 35.5. The van der Waals surface area contributed by atoms with Crippen LogP contribution in [0.4, 0.5) is 0 Å². The molecule has 1 fully saturated rings. The van der Waals surface area contributed by atoms with Gasteiger partial charge in [0, 0.05) is 17.1 Å². The molecule has 1 aliphatic rings. The maximum atomic E-state index is 13.9. The molecule has 0 bridgehead atoms. The van der Waals surface area contributed by atoms with Gasteiger partial charge in [-0.2, -0.15) is 0 Å². The Balaban J connectivity index is 1.71. The van der Waals surface area contributed by atoms with Gasteiger partial charge in [0.05, 0.1) is 19.7 Å². The summed E-state index contributed by atoms with van der Waals surface area (Å²) >= 11 is 6.17. The molecule has 0 radical (unpaired) electrons. The van der Waals surface area contributed by atoms with Crippen LogP contribution in [0.15, 0.2) is 78.9 Å². The number of amides is 2. The standard InChI is InChI=1S/C28H27ClN2O6/c1-36-23-13-6-5-11-21(23)16-30(17-25(33)34)28(35)27-26(20-9-3-2-4-10-20)31(24(32)18-37-27)15-19-8-7-12-22(29)14-19/h2-14,26-27H,15-18H2,1H3,(H,33,34)/t26-,27+/m1/s1. The van der Waals surface area contributed by atoms with E-state index in [1.165, 1.54) is 12.0 Å². The van der Waals surface area contributed by atoms with Crippen molar-refractivity contribution >= 4 is 29.4 Å². The number of hydrogen-bond donors (Lipinski definition) is 1. The maximum absolute atomic E-state index is 13.9. The molecule has 1 aliphatic heterocycles. The molecule has 1 N–H and O–H groups in total. The molecule has 37 heavy (non-hydrogen) atoms. The molecular weight excluding hydrogens is 496 g/mol. The van der Waals surface area contributed by atoms with Crippen LogP contribution >= 0.6 is 11.6 Å². The molecule has 0 unspecified atom stereocenters. The average molecular weight is 523 g/mol. The molecule has 9 heteroatoms. The zero-order valence-corrected chi connectivity index (χ0v) is 21.0. The minimum Gasteiger partial charge on any atom is -0.496 e. The lowest BCUT2D eigenvalue weighted by Gasteiger charge is -2.42. The quantitative estimate of drug-likeness (QED) is 0.457. The van der Waals surface area contributed by atoms with Gasteiger partial charge in [-0.3, -0.25) is 14.4 Å². The first-order valence-corrected chi connectivity index (χ1v) is 12.1. The van der Waals surface area contributed by atoms with Gasteiger partial charge in [-0.25, -0.2) is 0 Å². The number of carbonyl (C=O) groups excluding carboxylic acids is 2. The number of methoxy groups -OCH3 is 1. The average Bonchev–Trinajstić information content (AvgIpc) is 2.89. The van der Waals surface area contributed by atoms with Crippen molar-refractivity contribution in [3.8, 4) is 5.75 Å². The highest BCUT2D eigenvalue weighted by Crippen LogP contribution is 2.33. The van der Waals surface area contributed by atoms with E-state index in [0.717, 1.165) is 5.56 Å². The lowest BCUT2D eigenvalue weighted by atomic mass is 9.95. The highest BCUT2D eigenvalue weighted by Gasteiger charge is 2.43. The van der Waals surface area contributed by atoms with Crippen LogP contribution in [0, 0.1) is 0 Å². The van der Waals surface area contributed by atoms with Crippen molar-refractivity contribution in [2.75, 3.05) is 20.3 Å². The Bertz CT molecular complexity index is 1270. The van der Waals surface area contributed by atoms with Crippen molar-refractivity contribution in [3.05, 3.63) is 101 Å². The minimum atomic E-state index is -1.16. The number of ether oxygens (including phenoxy) is 2. The number of halogens is 1. The maximum Gasteiger partial charge on any atom is 0.323 e. The predicted octanol–water partition coefficient (Wildman–Crippen LogP) is 3.93. The number of carbonyl (C=O) groups is 3. The van der Waals surface area contributed by atoms with Crippen LogP contribution < -0.4 is 4.74 Å². The fourth-order valence-corrected chi connectivity index (χ4v) is 4.69. The molecule has 2 amide bonds. The van der Waals surface area contributed by atoms with Gasteiger partial charge in [-0.05, 0) is 29.3 Å². The molecule has 1 heterocycles. The van der Waals surface area contributed by atoms with E-state index in [2.05, 4.69) is 0 Å². The molecule has 0 saturated carbocycles. The van der Waals surface area contributed by atoms with E-state index in [1.807, 2.05) is 36.4 Å². The van der Waals surface area contributed by atoms with Gasteiger partial charge in [-0.1, -0.05) is 72.3 Å². The van der Waals surface area contributed by atoms with Crippen LogP contribution in [-0.2, 0) is 32.2 Å². The Morgan fingerprint density at radius 2 is 1.81 bits per heavy atom. The third-order valence-corrected chi connectivity index (χ3v) is 6.38. The van der Waals surface area contributed by atoms with Gasteiger partial charge in [-0.15, -0.1) is 0 Å². The monoisotopic (exact) mass is 522 g/mol. The molecule has 3 aromatic rings. The molecule has 0 aliphatic carbocycles. The molecule has 192 valence electrons. The van der Waals surface area contributed by atoms with Gasteiger partial charge in [0.2, 0.25) is 5.91 Å². The Hall–Kier alpha value is -3.88. The molecule has 3 aromatic carbocycles. The molecule has 2 atom stereocenters. The fraction of sp³-hybridized carbons (Fsp3) is 0.250. The van der Waals surface area contributed by atoms with Crippen LogP contribution in [0.2, 0.25) is 5.02 Å².